The first-order chi connectivity index (χ1) is 13.2. The summed E-state index contributed by atoms with van der Waals surface area (Å²) in [7, 11) is 3.36. The average Bonchev–Trinajstić information content (AvgIpc) is 3.15. The van der Waals surface area contributed by atoms with Crippen molar-refractivity contribution in [3.05, 3.63) is 53.9 Å². The number of hydrogen-bond donors (Lipinski definition) is 1. The van der Waals surface area contributed by atoms with Crippen molar-refractivity contribution in [3.63, 3.8) is 0 Å². The van der Waals surface area contributed by atoms with E-state index in [2.05, 4.69) is 16.0 Å². The summed E-state index contributed by atoms with van der Waals surface area (Å²) in [6.45, 7) is 1.66. The number of para-hydroxylation sites is 1. The molecular weight excluding hydrogens is 340 g/mol. The third kappa shape index (κ3) is 3.40. The summed E-state index contributed by atoms with van der Waals surface area (Å²) in [4.78, 5) is 11.6. The number of rotatable bonds is 5. The summed E-state index contributed by atoms with van der Waals surface area (Å²) in [5, 5.41) is 0.899. The van der Waals surface area contributed by atoms with Crippen molar-refractivity contribution >= 4 is 16.7 Å². The van der Waals surface area contributed by atoms with Crippen LogP contribution in [-0.4, -0.2) is 35.6 Å². The Balaban J connectivity index is 1.63. The highest BCUT2D eigenvalue weighted by atomic mass is 16.5. The topological polar surface area (TPSA) is 73.5 Å². The lowest BCUT2D eigenvalue weighted by Gasteiger charge is -2.26. The SMILES string of the molecule is COc1ccc([C@@H]2CCCN2Cc2nc(N)c3ccccc3n2)c(OC)c1. The van der Waals surface area contributed by atoms with Crippen LogP contribution >= 0.6 is 0 Å². The highest BCUT2D eigenvalue weighted by Crippen LogP contribution is 2.39. The van der Waals surface area contributed by atoms with Gasteiger partial charge in [0.25, 0.3) is 0 Å². The molecule has 1 atom stereocenters. The van der Waals surface area contributed by atoms with E-state index in [1.807, 2.05) is 36.4 Å². The highest BCUT2D eigenvalue weighted by Gasteiger charge is 2.29. The van der Waals surface area contributed by atoms with Crippen molar-refractivity contribution in [2.24, 2.45) is 0 Å². The summed E-state index contributed by atoms with van der Waals surface area (Å²) in [6, 6.07) is 14.1. The molecule has 140 valence electrons. The lowest BCUT2D eigenvalue weighted by Crippen LogP contribution is -2.24. The summed E-state index contributed by atoms with van der Waals surface area (Å²) in [5.74, 6) is 2.94. The van der Waals surface area contributed by atoms with Crippen LogP contribution in [0, 0.1) is 0 Å². The molecule has 0 radical (unpaired) electrons. The first kappa shape index (κ1) is 17.5. The Morgan fingerprint density at radius 1 is 1.11 bits per heavy atom. The van der Waals surface area contributed by atoms with Gasteiger partial charge in [-0.1, -0.05) is 18.2 Å². The van der Waals surface area contributed by atoms with Crippen LogP contribution in [-0.2, 0) is 6.54 Å². The Hall–Kier alpha value is -2.86. The average molecular weight is 364 g/mol. The molecule has 0 aliphatic carbocycles. The molecule has 0 bridgehead atoms. The second kappa shape index (κ2) is 7.40. The molecule has 0 spiro atoms. The van der Waals surface area contributed by atoms with Gasteiger partial charge in [-0.3, -0.25) is 4.90 Å². The predicted molar refractivity (Wildman–Crippen MR) is 106 cm³/mol. The molecule has 1 saturated heterocycles. The van der Waals surface area contributed by atoms with Crippen molar-refractivity contribution in [1.82, 2.24) is 14.9 Å². The number of anilines is 1. The Labute approximate surface area is 158 Å². The Morgan fingerprint density at radius 2 is 1.96 bits per heavy atom. The third-order valence-corrected chi connectivity index (χ3v) is 5.19. The van der Waals surface area contributed by atoms with Crippen molar-refractivity contribution in [2.75, 3.05) is 26.5 Å². The molecule has 1 aliphatic heterocycles. The van der Waals surface area contributed by atoms with Gasteiger partial charge in [-0.15, -0.1) is 0 Å². The van der Waals surface area contributed by atoms with Gasteiger partial charge in [0.1, 0.15) is 23.1 Å². The van der Waals surface area contributed by atoms with Gasteiger partial charge in [0, 0.05) is 23.1 Å². The molecular formula is C21H24N4O2. The van der Waals surface area contributed by atoms with Gasteiger partial charge in [0.05, 0.1) is 26.3 Å². The number of aromatic nitrogens is 2. The van der Waals surface area contributed by atoms with Crippen LogP contribution < -0.4 is 15.2 Å². The fraction of sp³-hybridized carbons (Fsp3) is 0.333. The number of hydrogen-bond acceptors (Lipinski definition) is 6. The minimum Gasteiger partial charge on any atom is -0.497 e. The Bertz CT molecular complexity index is 960. The second-order valence-corrected chi connectivity index (χ2v) is 6.78. The van der Waals surface area contributed by atoms with Crippen LogP contribution in [0.5, 0.6) is 11.5 Å². The van der Waals surface area contributed by atoms with Crippen LogP contribution in [0.15, 0.2) is 42.5 Å². The molecule has 2 aromatic carbocycles. The Kier molecular flexibility index (Phi) is 4.81. The van der Waals surface area contributed by atoms with Crippen LogP contribution in [0.25, 0.3) is 10.9 Å². The van der Waals surface area contributed by atoms with E-state index in [1.54, 1.807) is 14.2 Å². The van der Waals surface area contributed by atoms with Gasteiger partial charge in [0.15, 0.2) is 0 Å². The summed E-state index contributed by atoms with van der Waals surface area (Å²) < 4.78 is 10.9. The number of nitrogens with two attached hydrogens (primary N) is 1. The zero-order chi connectivity index (χ0) is 18.8. The summed E-state index contributed by atoms with van der Waals surface area (Å²) in [5.41, 5.74) is 8.21. The Morgan fingerprint density at radius 3 is 2.78 bits per heavy atom. The van der Waals surface area contributed by atoms with Gasteiger partial charge in [-0.05, 0) is 37.6 Å². The molecule has 6 nitrogen and oxygen atoms in total. The van der Waals surface area contributed by atoms with Crippen molar-refractivity contribution in [3.8, 4) is 11.5 Å². The monoisotopic (exact) mass is 364 g/mol. The molecule has 27 heavy (non-hydrogen) atoms. The molecule has 1 fully saturated rings. The molecule has 3 aromatic rings. The number of likely N-dealkylation sites (tertiary alicyclic amines) is 1. The zero-order valence-corrected chi connectivity index (χ0v) is 15.7. The molecule has 4 rings (SSSR count). The number of nitrogen functional groups attached to an aromatic ring is 1. The quantitative estimate of drug-likeness (QED) is 0.746. The van der Waals surface area contributed by atoms with Gasteiger partial charge in [-0.2, -0.15) is 0 Å². The number of fused-ring (bicyclic) bond motifs is 1. The minimum absolute atomic E-state index is 0.266. The van der Waals surface area contributed by atoms with Crippen molar-refractivity contribution in [2.45, 2.75) is 25.4 Å². The molecule has 2 N–H and O–H groups in total. The van der Waals surface area contributed by atoms with E-state index in [9.17, 15) is 0 Å². The smallest absolute Gasteiger partial charge is 0.145 e. The molecule has 1 aliphatic rings. The first-order valence-electron chi connectivity index (χ1n) is 9.16. The van der Waals surface area contributed by atoms with Gasteiger partial charge >= 0.3 is 0 Å². The summed E-state index contributed by atoms with van der Waals surface area (Å²) in [6.07, 6.45) is 2.20. The van der Waals surface area contributed by atoms with Crippen molar-refractivity contribution in [1.29, 1.82) is 0 Å². The van der Waals surface area contributed by atoms with E-state index in [-0.39, 0.29) is 6.04 Å². The zero-order valence-electron chi connectivity index (χ0n) is 15.7. The van der Waals surface area contributed by atoms with E-state index in [4.69, 9.17) is 20.2 Å². The standard InChI is InChI=1S/C21H24N4O2/c1-26-14-9-10-16(19(12-14)27-2)18-8-5-11-25(18)13-20-23-17-7-4-3-6-15(17)21(22)24-20/h3-4,6-7,9-10,12,18H,5,8,11,13H2,1-2H3,(H2,22,23,24)/t18-/m0/s1. The maximum Gasteiger partial charge on any atom is 0.145 e. The number of ether oxygens (including phenoxy) is 2. The lowest BCUT2D eigenvalue weighted by molar-refractivity contribution is 0.237. The van der Waals surface area contributed by atoms with Gasteiger partial charge in [-0.25, -0.2) is 9.97 Å². The van der Waals surface area contributed by atoms with E-state index in [0.717, 1.165) is 47.6 Å². The van der Waals surface area contributed by atoms with Crippen LogP contribution in [0.3, 0.4) is 0 Å². The predicted octanol–water partition coefficient (Wildman–Crippen LogP) is 3.57. The van der Waals surface area contributed by atoms with Crippen LogP contribution in [0.1, 0.15) is 30.3 Å². The van der Waals surface area contributed by atoms with E-state index in [1.165, 1.54) is 5.56 Å². The van der Waals surface area contributed by atoms with E-state index < -0.39 is 0 Å². The van der Waals surface area contributed by atoms with E-state index >= 15 is 0 Å². The molecule has 0 amide bonds. The highest BCUT2D eigenvalue weighted by molar-refractivity contribution is 5.87. The maximum absolute atomic E-state index is 6.15. The maximum atomic E-state index is 6.15. The summed E-state index contributed by atoms with van der Waals surface area (Å²) >= 11 is 0. The van der Waals surface area contributed by atoms with Gasteiger partial charge < -0.3 is 15.2 Å². The lowest BCUT2D eigenvalue weighted by atomic mass is 10.0. The molecule has 1 aromatic heterocycles. The third-order valence-electron chi connectivity index (χ3n) is 5.19. The molecule has 0 unspecified atom stereocenters. The number of methoxy groups -OCH3 is 2. The minimum atomic E-state index is 0.266. The fourth-order valence-corrected chi connectivity index (χ4v) is 3.86. The fourth-order valence-electron chi connectivity index (χ4n) is 3.86. The van der Waals surface area contributed by atoms with E-state index in [0.29, 0.717) is 12.4 Å². The number of benzene rings is 2. The number of nitrogens with zero attached hydrogens (tertiary/aromatic N) is 3. The van der Waals surface area contributed by atoms with Crippen LogP contribution in [0.4, 0.5) is 5.82 Å². The van der Waals surface area contributed by atoms with Crippen LogP contribution in [0.2, 0.25) is 0 Å². The molecule has 0 saturated carbocycles. The van der Waals surface area contributed by atoms with Gasteiger partial charge in [0.2, 0.25) is 0 Å². The second-order valence-electron chi connectivity index (χ2n) is 6.78. The largest absolute Gasteiger partial charge is 0.497 e. The van der Waals surface area contributed by atoms with Crippen molar-refractivity contribution < 1.29 is 9.47 Å². The normalized spacial score (nSPS) is 17.3. The molecule has 2 heterocycles. The first-order valence-corrected chi connectivity index (χ1v) is 9.16. The molecule has 6 heteroatoms.